The molecule has 37 heavy (non-hydrogen) atoms. The third-order valence-corrected chi connectivity index (χ3v) is 6.19. The van der Waals surface area contributed by atoms with E-state index in [2.05, 4.69) is 9.69 Å². The summed E-state index contributed by atoms with van der Waals surface area (Å²) >= 11 is 0.701. The van der Waals surface area contributed by atoms with Gasteiger partial charge in [0.15, 0.2) is 5.69 Å². The Balaban J connectivity index is 2.15. The van der Waals surface area contributed by atoms with Gasteiger partial charge in [-0.3, -0.25) is 24.1 Å². The molecule has 1 heterocycles. The summed E-state index contributed by atoms with van der Waals surface area (Å²) in [5, 5.41) is 2.54. The number of amides is 3. The fraction of sp³-hybridized carbons (Fsp3) is 0.240. The Morgan fingerprint density at radius 3 is 2.27 bits per heavy atom. The van der Waals surface area contributed by atoms with Gasteiger partial charge >= 0.3 is 5.97 Å². The monoisotopic (exact) mass is 525 g/mol. The van der Waals surface area contributed by atoms with Crippen LogP contribution < -0.4 is 26.4 Å². The zero-order valence-corrected chi connectivity index (χ0v) is 21.3. The summed E-state index contributed by atoms with van der Waals surface area (Å²) in [6.45, 7) is 3.28. The van der Waals surface area contributed by atoms with E-state index in [1.165, 1.54) is 12.0 Å². The lowest BCUT2D eigenvalue weighted by Gasteiger charge is -2.31. The Morgan fingerprint density at radius 1 is 1.08 bits per heavy atom. The summed E-state index contributed by atoms with van der Waals surface area (Å²) in [7, 11) is 1.50. The molecule has 0 aliphatic heterocycles. The second kappa shape index (κ2) is 12.0. The van der Waals surface area contributed by atoms with E-state index in [1.807, 2.05) is 6.92 Å². The number of nitrogens with one attached hydrogen (secondary N) is 1. The number of nitrogen functional groups attached to an aromatic ring is 1. The van der Waals surface area contributed by atoms with Gasteiger partial charge in [0.1, 0.15) is 23.2 Å². The SMILES string of the molecule is CCOC(=O)CNC(=O)[C@H](c1ccc(OC)cc1)N(C(=O)c1snc(C(N)=O)c1N)c1ccc(C)cc1. The number of hydrogen-bond donors (Lipinski definition) is 3. The van der Waals surface area contributed by atoms with Crippen molar-refractivity contribution in [2.75, 3.05) is 30.9 Å². The van der Waals surface area contributed by atoms with E-state index < -0.39 is 36.3 Å². The van der Waals surface area contributed by atoms with E-state index in [0.29, 0.717) is 28.5 Å². The average molecular weight is 526 g/mol. The number of carbonyl (C=O) groups excluding carboxylic acids is 4. The Bertz CT molecular complexity index is 1290. The minimum Gasteiger partial charge on any atom is -0.497 e. The first kappa shape index (κ1) is 27.1. The van der Waals surface area contributed by atoms with Crippen LogP contribution in [-0.2, 0) is 14.3 Å². The van der Waals surface area contributed by atoms with Crippen molar-refractivity contribution in [2.24, 2.45) is 5.73 Å². The number of rotatable bonds is 10. The number of carbonyl (C=O) groups is 4. The van der Waals surface area contributed by atoms with Gasteiger partial charge in [0, 0.05) is 5.69 Å². The molecular formula is C25H27N5O6S. The number of nitrogens with zero attached hydrogens (tertiary/aromatic N) is 2. The zero-order valence-electron chi connectivity index (χ0n) is 20.5. The zero-order chi connectivity index (χ0) is 27.1. The van der Waals surface area contributed by atoms with Crippen molar-refractivity contribution < 1.29 is 28.7 Å². The summed E-state index contributed by atoms with van der Waals surface area (Å²) in [4.78, 5) is 52.3. The molecule has 0 unspecified atom stereocenters. The third-order valence-electron chi connectivity index (χ3n) is 5.34. The van der Waals surface area contributed by atoms with Crippen LogP contribution in [0.15, 0.2) is 48.5 Å². The predicted octanol–water partition coefficient (Wildman–Crippen LogP) is 2.21. The van der Waals surface area contributed by atoms with Crippen molar-refractivity contribution in [3.05, 3.63) is 70.2 Å². The highest BCUT2D eigenvalue weighted by atomic mass is 32.1. The van der Waals surface area contributed by atoms with Crippen LogP contribution in [0.25, 0.3) is 0 Å². The Hall–Kier alpha value is -4.45. The number of anilines is 2. The van der Waals surface area contributed by atoms with Crippen molar-refractivity contribution in [3.63, 3.8) is 0 Å². The van der Waals surface area contributed by atoms with Crippen LogP contribution >= 0.6 is 11.5 Å². The number of primary amides is 1. The van der Waals surface area contributed by atoms with Gasteiger partial charge < -0.3 is 26.3 Å². The average Bonchev–Trinajstić information content (AvgIpc) is 3.28. The second-order valence-electron chi connectivity index (χ2n) is 7.85. The molecule has 12 heteroatoms. The molecule has 3 aromatic rings. The molecule has 0 aliphatic carbocycles. The number of methoxy groups -OCH3 is 1. The van der Waals surface area contributed by atoms with Gasteiger partial charge in [-0.2, -0.15) is 4.37 Å². The first-order valence-electron chi connectivity index (χ1n) is 11.2. The summed E-state index contributed by atoms with van der Waals surface area (Å²) in [5.74, 6) is -2.30. The number of aryl methyl sites for hydroxylation is 1. The number of hydrogen-bond acceptors (Lipinski definition) is 9. The number of aromatic nitrogens is 1. The predicted molar refractivity (Wildman–Crippen MR) is 138 cm³/mol. The highest BCUT2D eigenvalue weighted by Crippen LogP contribution is 2.33. The topological polar surface area (TPSA) is 167 Å². The van der Waals surface area contributed by atoms with E-state index >= 15 is 0 Å². The molecule has 5 N–H and O–H groups in total. The molecule has 0 saturated carbocycles. The number of esters is 1. The molecule has 11 nitrogen and oxygen atoms in total. The van der Waals surface area contributed by atoms with Gasteiger partial charge in [0.2, 0.25) is 5.91 Å². The lowest BCUT2D eigenvalue weighted by atomic mass is 10.0. The molecule has 0 saturated heterocycles. The fourth-order valence-electron chi connectivity index (χ4n) is 3.50. The van der Waals surface area contributed by atoms with Crippen molar-refractivity contribution in [1.29, 1.82) is 0 Å². The number of ether oxygens (including phenoxy) is 2. The van der Waals surface area contributed by atoms with Crippen LogP contribution in [0.2, 0.25) is 0 Å². The van der Waals surface area contributed by atoms with Crippen molar-refractivity contribution in [1.82, 2.24) is 9.69 Å². The maximum atomic E-state index is 13.9. The molecular weight excluding hydrogens is 498 g/mol. The second-order valence-corrected chi connectivity index (χ2v) is 8.62. The van der Waals surface area contributed by atoms with Crippen LogP contribution in [-0.4, -0.2) is 48.3 Å². The molecule has 0 aliphatic rings. The van der Waals surface area contributed by atoms with E-state index in [1.54, 1.807) is 55.5 Å². The number of nitrogens with two attached hydrogens (primary N) is 2. The van der Waals surface area contributed by atoms with E-state index in [4.69, 9.17) is 20.9 Å². The normalized spacial score (nSPS) is 11.3. The molecule has 1 atom stereocenters. The first-order chi connectivity index (χ1) is 17.7. The van der Waals surface area contributed by atoms with E-state index in [9.17, 15) is 19.2 Å². The summed E-state index contributed by atoms with van der Waals surface area (Å²) in [6, 6.07) is 12.2. The summed E-state index contributed by atoms with van der Waals surface area (Å²) in [5.41, 5.74) is 12.7. The summed E-state index contributed by atoms with van der Waals surface area (Å²) < 4.78 is 14.1. The van der Waals surface area contributed by atoms with Crippen molar-refractivity contribution >= 4 is 46.6 Å². The van der Waals surface area contributed by atoms with E-state index in [-0.39, 0.29) is 22.9 Å². The lowest BCUT2D eigenvalue weighted by molar-refractivity contribution is -0.143. The fourth-order valence-corrected chi connectivity index (χ4v) is 4.24. The van der Waals surface area contributed by atoms with Crippen LogP contribution in [0.5, 0.6) is 5.75 Å². The smallest absolute Gasteiger partial charge is 0.325 e. The maximum Gasteiger partial charge on any atom is 0.325 e. The van der Waals surface area contributed by atoms with Crippen LogP contribution in [0.4, 0.5) is 11.4 Å². The molecule has 0 spiro atoms. The molecule has 0 radical (unpaired) electrons. The van der Waals surface area contributed by atoms with Gasteiger partial charge in [-0.1, -0.05) is 29.8 Å². The Labute approximate surface area is 217 Å². The van der Waals surface area contributed by atoms with Crippen LogP contribution in [0, 0.1) is 6.92 Å². The summed E-state index contributed by atoms with van der Waals surface area (Å²) in [6.07, 6.45) is 0. The highest BCUT2D eigenvalue weighted by molar-refractivity contribution is 7.09. The van der Waals surface area contributed by atoms with Crippen LogP contribution in [0.1, 0.15) is 44.3 Å². The number of benzene rings is 2. The van der Waals surface area contributed by atoms with Gasteiger partial charge in [-0.15, -0.1) is 0 Å². The molecule has 3 amide bonds. The third kappa shape index (κ3) is 6.22. The highest BCUT2D eigenvalue weighted by Gasteiger charge is 2.36. The largest absolute Gasteiger partial charge is 0.497 e. The van der Waals surface area contributed by atoms with Crippen LogP contribution in [0.3, 0.4) is 0 Å². The molecule has 0 bridgehead atoms. The molecule has 1 aromatic heterocycles. The van der Waals surface area contributed by atoms with Crippen molar-refractivity contribution in [3.8, 4) is 5.75 Å². The lowest BCUT2D eigenvalue weighted by Crippen LogP contribution is -2.45. The van der Waals surface area contributed by atoms with Gasteiger partial charge in [0.05, 0.1) is 19.4 Å². The Morgan fingerprint density at radius 2 is 1.73 bits per heavy atom. The standard InChI is InChI=1S/C25H27N5O6S/c1-4-36-18(31)13-28-24(33)21(15-7-11-17(35-3)12-8-15)30(16-9-5-14(2)6-10-16)25(34)22-19(26)20(23(27)32)29-37-22/h5-12,21H,4,13,26H2,1-3H3,(H2,27,32)(H,28,33)/t21-/m0/s1. The van der Waals surface area contributed by atoms with Gasteiger partial charge in [-0.25, -0.2) is 0 Å². The first-order valence-corrected chi connectivity index (χ1v) is 12.0. The molecule has 0 fully saturated rings. The molecule has 194 valence electrons. The minimum atomic E-state index is -1.24. The maximum absolute atomic E-state index is 13.9. The Kier molecular flexibility index (Phi) is 8.80. The van der Waals surface area contributed by atoms with Crippen molar-refractivity contribution in [2.45, 2.75) is 19.9 Å². The molecule has 3 rings (SSSR count). The molecule has 2 aromatic carbocycles. The van der Waals surface area contributed by atoms with Gasteiger partial charge in [-0.05, 0) is 55.2 Å². The minimum absolute atomic E-state index is 0.0638. The van der Waals surface area contributed by atoms with E-state index in [0.717, 1.165) is 5.56 Å². The van der Waals surface area contributed by atoms with Gasteiger partial charge in [0.25, 0.3) is 11.8 Å². The quantitative estimate of drug-likeness (QED) is 0.339.